The number of carbonyl (C=O) groups excluding carboxylic acids is 1. The molecule has 0 unspecified atom stereocenters. The molecule has 8 nitrogen and oxygen atoms in total. The molecular formula is C20H19F3N4O4. The Labute approximate surface area is 175 Å². The highest BCUT2D eigenvalue weighted by Gasteiger charge is 2.32. The summed E-state index contributed by atoms with van der Waals surface area (Å²) in [5.74, 6) is -0.287. The van der Waals surface area contributed by atoms with E-state index in [2.05, 4.69) is 15.3 Å². The predicted octanol–water partition coefficient (Wildman–Crippen LogP) is 3.06. The van der Waals surface area contributed by atoms with Gasteiger partial charge in [-0.15, -0.1) is 0 Å². The number of nitrogens with zero attached hydrogens (tertiary/aromatic N) is 3. The Hall–Kier alpha value is -3.44. The van der Waals surface area contributed by atoms with Crippen LogP contribution < -0.4 is 10.1 Å². The Bertz CT molecular complexity index is 1050. The zero-order chi connectivity index (χ0) is 22.4. The maximum atomic E-state index is 12.9. The van der Waals surface area contributed by atoms with Crippen molar-refractivity contribution >= 4 is 11.6 Å². The fourth-order valence-electron chi connectivity index (χ4n) is 2.64. The molecule has 164 valence electrons. The van der Waals surface area contributed by atoms with E-state index in [1.165, 1.54) is 31.6 Å². The molecule has 3 aromatic rings. The van der Waals surface area contributed by atoms with Gasteiger partial charge in [0.05, 0.1) is 30.9 Å². The number of carbonyl (C=O) groups is 1. The van der Waals surface area contributed by atoms with Crippen LogP contribution in [0.3, 0.4) is 0 Å². The third kappa shape index (κ3) is 5.80. The average molecular weight is 436 g/mol. The zero-order valence-electron chi connectivity index (χ0n) is 16.4. The number of pyridine rings is 1. The number of ether oxygens (including phenoxy) is 2. The number of methoxy groups -OCH3 is 1. The summed E-state index contributed by atoms with van der Waals surface area (Å²) < 4.78 is 50.7. The molecule has 3 rings (SSSR count). The molecule has 0 aliphatic carbocycles. The van der Waals surface area contributed by atoms with Crippen LogP contribution in [0.1, 0.15) is 21.7 Å². The fourth-order valence-corrected chi connectivity index (χ4v) is 2.64. The molecule has 31 heavy (non-hydrogen) atoms. The molecule has 1 aromatic carbocycles. The monoisotopic (exact) mass is 436 g/mol. The van der Waals surface area contributed by atoms with Crippen molar-refractivity contribution in [1.29, 1.82) is 0 Å². The maximum absolute atomic E-state index is 12.9. The van der Waals surface area contributed by atoms with Crippen molar-refractivity contribution in [2.24, 2.45) is 0 Å². The maximum Gasteiger partial charge on any atom is 0.433 e. The molecular weight excluding hydrogens is 417 g/mol. The quantitative estimate of drug-likeness (QED) is 0.527. The summed E-state index contributed by atoms with van der Waals surface area (Å²) in [6.07, 6.45) is -0.626. The number of rotatable bonds is 8. The van der Waals surface area contributed by atoms with Crippen LogP contribution in [0.15, 0.2) is 49.1 Å². The van der Waals surface area contributed by atoms with Crippen LogP contribution in [0.5, 0.6) is 5.75 Å². The topological polar surface area (TPSA) is 98.5 Å². The smallest absolute Gasteiger partial charge is 0.433 e. The molecule has 0 bridgehead atoms. The lowest BCUT2D eigenvalue weighted by Gasteiger charge is -2.13. The summed E-state index contributed by atoms with van der Waals surface area (Å²) in [7, 11) is 1.52. The molecule has 2 heterocycles. The van der Waals surface area contributed by atoms with Crippen LogP contribution in [0.4, 0.5) is 18.9 Å². The molecule has 0 radical (unpaired) electrons. The van der Waals surface area contributed by atoms with Gasteiger partial charge >= 0.3 is 6.18 Å². The summed E-state index contributed by atoms with van der Waals surface area (Å²) in [6, 6.07) is 6.65. The van der Waals surface area contributed by atoms with Gasteiger partial charge in [-0.05, 0) is 24.3 Å². The first-order chi connectivity index (χ1) is 14.8. The van der Waals surface area contributed by atoms with Crippen molar-refractivity contribution < 1.29 is 32.5 Å². The zero-order valence-corrected chi connectivity index (χ0v) is 16.4. The first-order valence-electron chi connectivity index (χ1n) is 9.05. The lowest BCUT2D eigenvalue weighted by atomic mass is 10.1. The number of alkyl halides is 3. The lowest BCUT2D eigenvalue weighted by Crippen LogP contribution is -2.15. The van der Waals surface area contributed by atoms with Gasteiger partial charge in [0.25, 0.3) is 5.91 Å². The van der Waals surface area contributed by atoms with Crippen molar-refractivity contribution in [2.45, 2.75) is 12.8 Å². The second kappa shape index (κ2) is 9.58. The van der Waals surface area contributed by atoms with Crippen molar-refractivity contribution in [2.75, 3.05) is 25.6 Å². The number of halogens is 3. The third-order valence-corrected chi connectivity index (χ3v) is 4.11. The number of hydrogen-bond acceptors (Lipinski definition) is 6. The molecule has 2 aromatic heterocycles. The minimum absolute atomic E-state index is 0.0511. The number of amides is 1. The molecule has 0 aliphatic rings. The number of nitrogens with one attached hydrogen (secondary N) is 1. The van der Waals surface area contributed by atoms with Gasteiger partial charge < -0.3 is 24.5 Å². The molecule has 1 amide bonds. The van der Waals surface area contributed by atoms with Crippen molar-refractivity contribution in [3.8, 4) is 11.4 Å². The van der Waals surface area contributed by atoms with Gasteiger partial charge in [0.1, 0.15) is 18.1 Å². The highest BCUT2D eigenvalue weighted by molar-refractivity contribution is 6.04. The van der Waals surface area contributed by atoms with Crippen LogP contribution in [0.2, 0.25) is 0 Å². The van der Waals surface area contributed by atoms with E-state index >= 15 is 0 Å². The largest absolute Gasteiger partial charge is 0.491 e. The van der Waals surface area contributed by atoms with Gasteiger partial charge in [-0.25, -0.2) is 4.98 Å². The van der Waals surface area contributed by atoms with Gasteiger partial charge in [-0.3, -0.25) is 9.78 Å². The van der Waals surface area contributed by atoms with E-state index < -0.39 is 17.8 Å². The number of hydrogen-bond donors (Lipinski definition) is 2. The number of aliphatic hydroxyl groups is 1. The molecule has 2 N–H and O–H groups in total. The van der Waals surface area contributed by atoms with Crippen molar-refractivity contribution in [3.05, 3.63) is 66.0 Å². The minimum Gasteiger partial charge on any atom is -0.491 e. The number of aromatic nitrogens is 3. The Morgan fingerprint density at radius 2 is 2.00 bits per heavy atom. The Morgan fingerprint density at radius 1 is 1.19 bits per heavy atom. The second-order valence-corrected chi connectivity index (χ2v) is 6.37. The number of anilines is 1. The predicted molar refractivity (Wildman–Crippen MR) is 104 cm³/mol. The van der Waals surface area contributed by atoms with E-state index in [0.29, 0.717) is 23.7 Å². The van der Waals surface area contributed by atoms with Crippen LogP contribution >= 0.6 is 0 Å². The van der Waals surface area contributed by atoms with Crippen LogP contribution in [0, 0.1) is 0 Å². The van der Waals surface area contributed by atoms with E-state index in [-0.39, 0.29) is 24.5 Å². The van der Waals surface area contributed by atoms with Crippen LogP contribution in [0.25, 0.3) is 5.69 Å². The van der Waals surface area contributed by atoms with Gasteiger partial charge in [0.2, 0.25) is 0 Å². The van der Waals surface area contributed by atoms with E-state index in [1.807, 2.05) is 0 Å². The molecule has 0 aliphatic heterocycles. The SMILES string of the molecule is COCCOc1cc(C(=O)Nc2ccnc(C(F)(F)F)c2)cc(-n2cnc(CO)c2)c1. The van der Waals surface area contributed by atoms with Gasteiger partial charge in [0, 0.05) is 36.8 Å². The van der Waals surface area contributed by atoms with Crippen LogP contribution in [-0.2, 0) is 17.5 Å². The highest BCUT2D eigenvalue weighted by atomic mass is 19.4. The summed E-state index contributed by atoms with van der Waals surface area (Å²) in [6.45, 7) is 0.294. The molecule has 11 heteroatoms. The molecule has 0 saturated heterocycles. The van der Waals surface area contributed by atoms with Crippen molar-refractivity contribution in [3.63, 3.8) is 0 Å². The van der Waals surface area contributed by atoms with E-state index in [4.69, 9.17) is 9.47 Å². The van der Waals surface area contributed by atoms with Gasteiger partial charge in [-0.1, -0.05) is 0 Å². The van der Waals surface area contributed by atoms with E-state index in [9.17, 15) is 23.1 Å². The lowest BCUT2D eigenvalue weighted by molar-refractivity contribution is -0.141. The molecule has 0 saturated carbocycles. The standard InChI is InChI=1S/C20H19F3N4O4/c1-30-4-5-31-17-7-13(6-16(9-17)27-10-15(11-28)25-12-27)19(29)26-14-2-3-24-18(8-14)20(21,22)23/h2-3,6-10,12,28H,4-5,11H2,1H3,(H,24,26,29). The summed E-state index contributed by atoms with van der Waals surface area (Å²) in [5.41, 5.74) is -0.0805. The van der Waals surface area contributed by atoms with Gasteiger partial charge in [-0.2, -0.15) is 13.2 Å². The molecule has 0 spiro atoms. The fraction of sp³-hybridized carbons (Fsp3) is 0.250. The highest BCUT2D eigenvalue weighted by Crippen LogP contribution is 2.29. The molecule has 0 fully saturated rings. The normalized spacial score (nSPS) is 11.4. The average Bonchev–Trinajstić information content (AvgIpc) is 3.23. The van der Waals surface area contributed by atoms with E-state index in [0.717, 1.165) is 12.3 Å². The number of benzene rings is 1. The Kier molecular flexibility index (Phi) is 6.88. The number of imidazole rings is 1. The Balaban J connectivity index is 1.90. The number of aliphatic hydroxyl groups excluding tert-OH is 1. The van der Waals surface area contributed by atoms with Gasteiger partial charge in [0.15, 0.2) is 0 Å². The summed E-state index contributed by atoms with van der Waals surface area (Å²) >= 11 is 0. The minimum atomic E-state index is -4.63. The Morgan fingerprint density at radius 3 is 2.68 bits per heavy atom. The molecule has 0 atom stereocenters. The first kappa shape index (κ1) is 22.2. The second-order valence-electron chi connectivity index (χ2n) is 6.37. The summed E-state index contributed by atoms with van der Waals surface area (Å²) in [4.78, 5) is 20.0. The van der Waals surface area contributed by atoms with Crippen molar-refractivity contribution in [1.82, 2.24) is 14.5 Å². The first-order valence-corrected chi connectivity index (χ1v) is 9.05. The van der Waals surface area contributed by atoms with E-state index in [1.54, 1.807) is 16.8 Å². The summed E-state index contributed by atoms with van der Waals surface area (Å²) in [5, 5.41) is 11.7. The van der Waals surface area contributed by atoms with Crippen LogP contribution in [-0.4, -0.2) is 45.9 Å². The third-order valence-electron chi connectivity index (χ3n) is 4.11.